The quantitative estimate of drug-likeness (QED) is 0.457. The van der Waals surface area contributed by atoms with Gasteiger partial charge in [-0.3, -0.25) is 15.1 Å². The van der Waals surface area contributed by atoms with Crippen LogP contribution in [0.2, 0.25) is 0 Å². The molecule has 3 aliphatic rings. The molecule has 0 saturated carbocycles. The van der Waals surface area contributed by atoms with Gasteiger partial charge in [-0.05, 0) is 56.0 Å². The summed E-state index contributed by atoms with van der Waals surface area (Å²) in [6.07, 6.45) is 3.88. The fourth-order valence-corrected chi connectivity index (χ4v) is 5.50. The van der Waals surface area contributed by atoms with Crippen LogP contribution in [0.15, 0.2) is 59.8 Å². The Labute approximate surface area is 212 Å². The molecule has 36 heavy (non-hydrogen) atoms. The van der Waals surface area contributed by atoms with Crippen LogP contribution in [0.5, 0.6) is 0 Å². The number of hydrogen-bond acceptors (Lipinski definition) is 6. The lowest BCUT2D eigenvalue weighted by Gasteiger charge is -2.37. The molecule has 1 atom stereocenters. The van der Waals surface area contributed by atoms with Crippen LogP contribution >= 0.6 is 0 Å². The van der Waals surface area contributed by atoms with Crippen molar-refractivity contribution in [3.05, 3.63) is 65.7 Å². The highest BCUT2D eigenvalue weighted by Crippen LogP contribution is 2.28. The van der Waals surface area contributed by atoms with Crippen LogP contribution in [0.1, 0.15) is 36.8 Å². The van der Waals surface area contributed by atoms with Gasteiger partial charge in [0.25, 0.3) is 0 Å². The van der Waals surface area contributed by atoms with Crippen molar-refractivity contribution >= 4 is 23.2 Å². The van der Waals surface area contributed by atoms with E-state index < -0.39 is 5.97 Å². The summed E-state index contributed by atoms with van der Waals surface area (Å²) in [5.41, 5.74) is 4.20. The molecule has 0 spiro atoms. The summed E-state index contributed by atoms with van der Waals surface area (Å²) in [7, 11) is 0. The summed E-state index contributed by atoms with van der Waals surface area (Å²) in [6.45, 7) is 5.33. The molecule has 0 amide bonds. The van der Waals surface area contributed by atoms with E-state index in [2.05, 4.69) is 51.4 Å². The Bertz CT molecular complexity index is 1070. The normalized spacial score (nSPS) is 21.2. The van der Waals surface area contributed by atoms with Crippen molar-refractivity contribution in [2.45, 2.75) is 31.8 Å². The first kappa shape index (κ1) is 24.3. The highest BCUT2D eigenvalue weighted by molar-refractivity contribution is 6.03. The summed E-state index contributed by atoms with van der Waals surface area (Å²) in [6, 6.07) is 18.6. The van der Waals surface area contributed by atoms with Crippen molar-refractivity contribution in [2.24, 2.45) is 11.1 Å². The third-order valence-corrected chi connectivity index (χ3v) is 7.60. The fourth-order valence-electron chi connectivity index (χ4n) is 5.50. The third-order valence-electron chi connectivity index (χ3n) is 7.60. The van der Waals surface area contributed by atoms with Gasteiger partial charge in [-0.25, -0.2) is 0 Å². The minimum absolute atomic E-state index is 0.0925. The zero-order valence-corrected chi connectivity index (χ0v) is 20.7. The molecule has 3 heterocycles. The number of aliphatic carboxylic acids is 1. The highest BCUT2D eigenvalue weighted by Gasteiger charge is 2.28. The number of carboxylic acid groups (broad SMARTS) is 1. The van der Waals surface area contributed by atoms with Gasteiger partial charge in [-0.2, -0.15) is 0 Å². The van der Waals surface area contributed by atoms with Gasteiger partial charge >= 0.3 is 5.97 Å². The van der Waals surface area contributed by atoms with Gasteiger partial charge in [0.05, 0.1) is 12.3 Å². The van der Waals surface area contributed by atoms with E-state index in [1.807, 2.05) is 23.1 Å². The number of nitrogens with one attached hydrogen (secondary N) is 1. The molecule has 0 bridgehead atoms. The lowest BCUT2D eigenvalue weighted by Crippen LogP contribution is -2.48. The first-order chi connectivity index (χ1) is 17.5. The second-order valence-electron chi connectivity index (χ2n) is 10.1. The van der Waals surface area contributed by atoms with Crippen molar-refractivity contribution < 1.29 is 14.7 Å². The molecule has 3 aliphatic heterocycles. The van der Waals surface area contributed by atoms with E-state index in [9.17, 15) is 4.79 Å². The molecular formula is C28H35N5O3. The molecule has 190 valence electrons. The maximum Gasteiger partial charge on any atom is 0.317 e. The minimum Gasteiger partial charge on any atom is -0.480 e. The minimum atomic E-state index is -0.752. The van der Waals surface area contributed by atoms with Crippen LogP contribution < -0.4 is 4.90 Å². The van der Waals surface area contributed by atoms with Crippen LogP contribution in [0.3, 0.4) is 0 Å². The molecule has 5 rings (SSSR count). The molecule has 2 aromatic carbocycles. The topological polar surface area (TPSA) is 92.5 Å². The van der Waals surface area contributed by atoms with Gasteiger partial charge in [-0.1, -0.05) is 47.6 Å². The van der Waals surface area contributed by atoms with Crippen molar-refractivity contribution in [3.63, 3.8) is 0 Å². The Morgan fingerprint density at radius 1 is 0.972 bits per heavy atom. The van der Waals surface area contributed by atoms with Crippen molar-refractivity contribution in [1.29, 1.82) is 5.41 Å². The number of carbonyl (C=O) groups is 1. The number of piperazine rings is 1. The number of anilines is 1. The molecule has 8 heteroatoms. The van der Waals surface area contributed by atoms with Gasteiger partial charge in [0.2, 0.25) is 0 Å². The van der Waals surface area contributed by atoms with E-state index in [1.54, 1.807) is 0 Å². The Morgan fingerprint density at radius 3 is 2.33 bits per heavy atom. The number of piperidine rings is 1. The van der Waals surface area contributed by atoms with E-state index in [1.165, 1.54) is 5.69 Å². The molecule has 2 fully saturated rings. The number of hydrogen-bond donors (Lipinski definition) is 2. The molecule has 2 aromatic rings. The van der Waals surface area contributed by atoms with E-state index in [0.717, 1.165) is 81.8 Å². The summed E-state index contributed by atoms with van der Waals surface area (Å²) in [5, 5.41) is 22.1. The predicted octanol–water partition coefficient (Wildman–Crippen LogP) is 3.51. The number of oxime groups is 1. The SMILES string of the molecule is N=C(c1ccc(C2=NOC(CC3CCN(CC(=O)O)CC3)C2)cc1)N1CCN(c2ccccc2)CC1. The van der Waals surface area contributed by atoms with Crippen molar-refractivity contribution in [3.8, 4) is 0 Å². The number of likely N-dealkylation sites (tertiary alicyclic amines) is 1. The summed E-state index contributed by atoms with van der Waals surface area (Å²) < 4.78 is 0. The Hall–Kier alpha value is -3.39. The maximum absolute atomic E-state index is 10.9. The monoisotopic (exact) mass is 489 g/mol. The first-order valence-corrected chi connectivity index (χ1v) is 13.0. The summed E-state index contributed by atoms with van der Waals surface area (Å²) >= 11 is 0. The zero-order chi connectivity index (χ0) is 24.9. The van der Waals surface area contributed by atoms with Gasteiger partial charge in [0.15, 0.2) is 0 Å². The zero-order valence-electron chi connectivity index (χ0n) is 20.7. The number of benzene rings is 2. The smallest absolute Gasteiger partial charge is 0.317 e. The fraction of sp³-hybridized carbons (Fsp3) is 0.464. The Balaban J connectivity index is 1.08. The lowest BCUT2D eigenvalue weighted by molar-refractivity contribution is -0.138. The van der Waals surface area contributed by atoms with E-state index in [4.69, 9.17) is 15.4 Å². The van der Waals surface area contributed by atoms with Crippen molar-refractivity contribution in [2.75, 3.05) is 50.7 Å². The van der Waals surface area contributed by atoms with Gasteiger partial charge in [0.1, 0.15) is 11.9 Å². The van der Waals surface area contributed by atoms with Gasteiger partial charge < -0.3 is 19.7 Å². The Morgan fingerprint density at radius 2 is 1.67 bits per heavy atom. The van der Waals surface area contributed by atoms with Crippen LogP contribution in [0.25, 0.3) is 0 Å². The molecule has 1 unspecified atom stereocenters. The second kappa shape index (κ2) is 11.1. The molecule has 0 aromatic heterocycles. The lowest BCUT2D eigenvalue weighted by atomic mass is 9.89. The number of carboxylic acids is 1. The second-order valence-corrected chi connectivity index (χ2v) is 10.1. The van der Waals surface area contributed by atoms with E-state index in [0.29, 0.717) is 11.8 Å². The predicted molar refractivity (Wildman–Crippen MR) is 141 cm³/mol. The molecule has 2 saturated heterocycles. The van der Waals surface area contributed by atoms with Gasteiger partial charge in [0, 0.05) is 43.9 Å². The number of nitrogens with zero attached hydrogens (tertiary/aromatic N) is 4. The first-order valence-electron chi connectivity index (χ1n) is 13.0. The van der Waals surface area contributed by atoms with E-state index >= 15 is 0 Å². The average Bonchev–Trinajstić information content (AvgIpc) is 3.38. The number of para-hydroxylation sites is 1. The summed E-state index contributed by atoms with van der Waals surface area (Å²) in [5.74, 6) is 0.378. The van der Waals surface area contributed by atoms with Crippen LogP contribution in [-0.4, -0.2) is 84.3 Å². The molecular weight excluding hydrogens is 454 g/mol. The number of rotatable bonds is 7. The van der Waals surface area contributed by atoms with Gasteiger partial charge in [-0.15, -0.1) is 0 Å². The molecule has 0 radical (unpaired) electrons. The number of amidine groups is 1. The molecule has 2 N–H and O–H groups in total. The van der Waals surface area contributed by atoms with Crippen LogP contribution in [-0.2, 0) is 9.63 Å². The highest BCUT2D eigenvalue weighted by atomic mass is 16.6. The molecule has 0 aliphatic carbocycles. The standard InChI is InChI=1S/C28H35N5O3/c29-28(33-16-14-32(15-17-33)24-4-2-1-3-5-24)23-8-6-22(7-9-23)26-19-25(36-30-26)18-21-10-12-31(13-11-21)20-27(34)35/h1-9,21,25,29H,10-20H2,(H,34,35). The van der Waals surface area contributed by atoms with Crippen molar-refractivity contribution in [1.82, 2.24) is 9.80 Å². The third kappa shape index (κ3) is 5.87. The maximum atomic E-state index is 10.9. The van der Waals surface area contributed by atoms with E-state index in [-0.39, 0.29) is 12.6 Å². The van der Waals surface area contributed by atoms with Crippen LogP contribution in [0.4, 0.5) is 5.69 Å². The Kier molecular flexibility index (Phi) is 7.51. The average molecular weight is 490 g/mol. The largest absolute Gasteiger partial charge is 0.480 e. The molecule has 8 nitrogen and oxygen atoms in total. The summed E-state index contributed by atoms with van der Waals surface area (Å²) in [4.78, 5) is 23.2. The van der Waals surface area contributed by atoms with Crippen LogP contribution in [0, 0.1) is 11.3 Å².